The number of halogens is 3. The maximum Gasteiger partial charge on any atom is 0.573 e. The fraction of sp³-hybridized carbons (Fsp3) is 0.308. The zero-order chi connectivity index (χ0) is 14.9. The fourth-order valence-electron chi connectivity index (χ4n) is 1.88. The predicted octanol–water partition coefficient (Wildman–Crippen LogP) is 3.61. The SMILES string of the molecule is CC(C)n1nccc1-c1ccc(OC(F)(F)F)c(N)c1. The van der Waals surface area contributed by atoms with Gasteiger partial charge in [-0.3, -0.25) is 4.68 Å². The Labute approximate surface area is 114 Å². The average Bonchev–Trinajstić information content (AvgIpc) is 2.79. The average molecular weight is 285 g/mol. The molecule has 0 aliphatic carbocycles. The first kappa shape index (κ1) is 14.2. The molecule has 0 spiro atoms. The van der Waals surface area contributed by atoms with Crippen LogP contribution in [-0.4, -0.2) is 16.1 Å². The summed E-state index contributed by atoms with van der Waals surface area (Å²) in [5, 5.41) is 4.17. The first-order valence-electron chi connectivity index (χ1n) is 5.97. The van der Waals surface area contributed by atoms with Crippen LogP contribution in [0.1, 0.15) is 19.9 Å². The molecule has 1 aromatic heterocycles. The molecule has 20 heavy (non-hydrogen) atoms. The Morgan fingerprint density at radius 1 is 1.25 bits per heavy atom. The van der Waals surface area contributed by atoms with E-state index >= 15 is 0 Å². The number of anilines is 1. The van der Waals surface area contributed by atoms with Crippen LogP contribution in [0, 0.1) is 0 Å². The summed E-state index contributed by atoms with van der Waals surface area (Å²) >= 11 is 0. The minimum atomic E-state index is -4.75. The van der Waals surface area contributed by atoms with Gasteiger partial charge in [0.15, 0.2) is 5.75 Å². The third kappa shape index (κ3) is 3.04. The standard InChI is InChI=1S/C13H14F3N3O/c1-8(2)19-11(5-6-18-19)9-3-4-12(10(17)7-9)20-13(14,15)16/h3-8H,17H2,1-2H3. The van der Waals surface area contributed by atoms with E-state index in [1.165, 1.54) is 18.2 Å². The second kappa shape index (κ2) is 5.07. The first-order valence-corrected chi connectivity index (χ1v) is 5.97. The molecule has 1 aromatic carbocycles. The summed E-state index contributed by atoms with van der Waals surface area (Å²) in [5.74, 6) is -0.406. The van der Waals surface area contributed by atoms with Gasteiger partial charge in [0.05, 0.1) is 11.4 Å². The molecule has 7 heteroatoms. The molecule has 0 aliphatic heterocycles. The van der Waals surface area contributed by atoms with E-state index in [9.17, 15) is 13.2 Å². The van der Waals surface area contributed by atoms with Crippen molar-refractivity contribution in [3.63, 3.8) is 0 Å². The number of rotatable bonds is 3. The molecular formula is C13H14F3N3O. The number of hydrogen-bond acceptors (Lipinski definition) is 3. The Morgan fingerprint density at radius 3 is 2.50 bits per heavy atom. The Hall–Kier alpha value is -2.18. The topological polar surface area (TPSA) is 53.1 Å². The van der Waals surface area contributed by atoms with E-state index in [0.717, 1.165) is 5.69 Å². The van der Waals surface area contributed by atoms with Gasteiger partial charge in [-0.1, -0.05) is 0 Å². The number of aromatic nitrogens is 2. The first-order chi connectivity index (χ1) is 9.28. The van der Waals surface area contributed by atoms with Crippen LogP contribution in [0.15, 0.2) is 30.5 Å². The molecule has 0 atom stereocenters. The molecule has 0 unspecified atom stereocenters. The number of nitrogens with two attached hydrogens (primary N) is 1. The summed E-state index contributed by atoms with van der Waals surface area (Å²) in [4.78, 5) is 0. The van der Waals surface area contributed by atoms with E-state index < -0.39 is 12.1 Å². The Morgan fingerprint density at radius 2 is 1.95 bits per heavy atom. The largest absolute Gasteiger partial charge is 0.573 e. The zero-order valence-electron chi connectivity index (χ0n) is 11.0. The Balaban J connectivity index is 2.36. The zero-order valence-corrected chi connectivity index (χ0v) is 11.0. The summed E-state index contributed by atoms with van der Waals surface area (Å²) in [7, 11) is 0. The summed E-state index contributed by atoms with van der Waals surface area (Å²) < 4.78 is 42.1. The predicted molar refractivity (Wildman–Crippen MR) is 69.1 cm³/mol. The van der Waals surface area contributed by atoms with E-state index in [2.05, 4.69) is 9.84 Å². The molecular weight excluding hydrogens is 271 g/mol. The highest BCUT2D eigenvalue weighted by molar-refractivity contribution is 5.68. The second-order valence-electron chi connectivity index (χ2n) is 4.56. The highest BCUT2D eigenvalue weighted by Gasteiger charge is 2.32. The summed E-state index contributed by atoms with van der Waals surface area (Å²) in [6.07, 6.45) is -3.12. The van der Waals surface area contributed by atoms with Gasteiger partial charge in [-0.05, 0) is 38.1 Å². The molecule has 2 N–H and O–H groups in total. The number of benzene rings is 1. The molecule has 0 aliphatic rings. The van der Waals surface area contributed by atoms with Crippen LogP contribution < -0.4 is 10.5 Å². The van der Waals surface area contributed by atoms with E-state index in [0.29, 0.717) is 5.56 Å². The van der Waals surface area contributed by atoms with Crippen LogP contribution in [0.4, 0.5) is 18.9 Å². The highest BCUT2D eigenvalue weighted by Crippen LogP contribution is 2.32. The van der Waals surface area contributed by atoms with Crippen LogP contribution in [0.2, 0.25) is 0 Å². The number of nitrogen functional groups attached to an aromatic ring is 1. The quantitative estimate of drug-likeness (QED) is 0.876. The van der Waals surface area contributed by atoms with Crippen molar-refractivity contribution in [1.82, 2.24) is 9.78 Å². The smallest absolute Gasteiger partial charge is 0.404 e. The highest BCUT2D eigenvalue weighted by atomic mass is 19.4. The Bertz CT molecular complexity index is 605. The molecule has 0 radical (unpaired) electrons. The summed E-state index contributed by atoms with van der Waals surface area (Å²) in [6.45, 7) is 3.92. The van der Waals surface area contributed by atoms with Crippen molar-refractivity contribution in [2.45, 2.75) is 26.3 Å². The van der Waals surface area contributed by atoms with Crippen molar-refractivity contribution in [2.75, 3.05) is 5.73 Å². The number of ether oxygens (including phenoxy) is 1. The maximum atomic E-state index is 12.2. The van der Waals surface area contributed by atoms with Crippen LogP contribution in [0.3, 0.4) is 0 Å². The molecule has 0 saturated heterocycles. The third-order valence-corrected chi connectivity index (χ3v) is 2.69. The summed E-state index contributed by atoms with van der Waals surface area (Å²) in [5.41, 5.74) is 7.00. The molecule has 2 rings (SSSR count). The van der Waals surface area contributed by atoms with E-state index in [1.807, 2.05) is 13.8 Å². The maximum absolute atomic E-state index is 12.2. The van der Waals surface area contributed by atoms with Crippen LogP contribution >= 0.6 is 0 Å². The fourth-order valence-corrected chi connectivity index (χ4v) is 1.88. The van der Waals surface area contributed by atoms with Crippen LogP contribution in [0.25, 0.3) is 11.3 Å². The van der Waals surface area contributed by atoms with Crippen LogP contribution in [-0.2, 0) is 0 Å². The molecule has 0 fully saturated rings. The van der Waals surface area contributed by atoms with Crippen molar-refractivity contribution in [2.24, 2.45) is 0 Å². The van der Waals surface area contributed by atoms with E-state index in [4.69, 9.17) is 5.73 Å². The third-order valence-electron chi connectivity index (χ3n) is 2.69. The lowest BCUT2D eigenvalue weighted by Crippen LogP contribution is -2.18. The second-order valence-corrected chi connectivity index (χ2v) is 4.56. The normalized spacial score (nSPS) is 11.9. The van der Waals surface area contributed by atoms with Gasteiger partial charge in [0.25, 0.3) is 0 Å². The van der Waals surface area contributed by atoms with Crippen molar-refractivity contribution in [1.29, 1.82) is 0 Å². The van der Waals surface area contributed by atoms with Gasteiger partial charge in [0.1, 0.15) is 0 Å². The molecule has 0 amide bonds. The lowest BCUT2D eigenvalue weighted by molar-refractivity contribution is -0.274. The van der Waals surface area contributed by atoms with Gasteiger partial charge >= 0.3 is 6.36 Å². The van der Waals surface area contributed by atoms with Gasteiger partial charge in [-0.15, -0.1) is 13.2 Å². The minimum absolute atomic E-state index is 0.0728. The lowest BCUT2D eigenvalue weighted by atomic mass is 10.1. The van der Waals surface area contributed by atoms with Gasteiger partial charge in [-0.2, -0.15) is 5.10 Å². The molecule has 4 nitrogen and oxygen atoms in total. The summed E-state index contributed by atoms with van der Waals surface area (Å²) in [6, 6.07) is 6.08. The van der Waals surface area contributed by atoms with E-state index in [-0.39, 0.29) is 11.7 Å². The van der Waals surface area contributed by atoms with Crippen molar-refractivity contribution >= 4 is 5.69 Å². The lowest BCUT2D eigenvalue weighted by Gasteiger charge is -2.14. The molecule has 0 saturated carbocycles. The van der Waals surface area contributed by atoms with Gasteiger partial charge in [0.2, 0.25) is 0 Å². The minimum Gasteiger partial charge on any atom is -0.404 e. The van der Waals surface area contributed by atoms with Gasteiger partial charge in [0, 0.05) is 17.8 Å². The Kier molecular flexibility index (Phi) is 3.61. The number of hydrogen-bond donors (Lipinski definition) is 1. The molecule has 108 valence electrons. The van der Waals surface area contributed by atoms with Crippen molar-refractivity contribution < 1.29 is 17.9 Å². The monoisotopic (exact) mass is 285 g/mol. The molecule has 1 heterocycles. The number of alkyl halides is 3. The van der Waals surface area contributed by atoms with Gasteiger partial charge in [-0.25, -0.2) is 0 Å². The molecule has 2 aromatic rings. The van der Waals surface area contributed by atoms with Crippen molar-refractivity contribution in [3.05, 3.63) is 30.5 Å². The van der Waals surface area contributed by atoms with E-state index in [1.54, 1.807) is 16.9 Å². The number of nitrogens with zero attached hydrogens (tertiary/aromatic N) is 2. The van der Waals surface area contributed by atoms with Crippen molar-refractivity contribution in [3.8, 4) is 17.0 Å². The van der Waals surface area contributed by atoms with Crippen LogP contribution in [0.5, 0.6) is 5.75 Å². The van der Waals surface area contributed by atoms with Gasteiger partial charge < -0.3 is 10.5 Å². The molecule has 0 bridgehead atoms.